The van der Waals surface area contributed by atoms with Crippen LogP contribution >= 0.6 is 0 Å². The number of hydrogen-bond acceptors (Lipinski definition) is 5. The summed E-state index contributed by atoms with van der Waals surface area (Å²) in [6.45, 7) is 0. The van der Waals surface area contributed by atoms with Crippen LogP contribution in [0, 0.1) is 0 Å². The zero-order valence-corrected chi connectivity index (χ0v) is 15.3. The van der Waals surface area contributed by atoms with Gasteiger partial charge >= 0.3 is 11.0 Å². The van der Waals surface area contributed by atoms with Crippen molar-refractivity contribution >= 4 is 31.4 Å². The monoisotopic (exact) mass is 437 g/mol. The standard InChI is InChI=1S/C14H13F6NO4S2/c1-21(2)11-8-6-10(7-9-11)4-3-5-12(26(22,23)13(15,16)17)27(24,25)14(18,19)20/h3-9H,1-2H3/b4-3+. The first kappa shape index (κ1) is 23.0. The fraction of sp³-hybridized carbons (Fsp3) is 0.286. The molecule has 0 saturated carbocycles. The van der Waals surface area contributed by atoms with E-state index in [-0.39, 0.29) is 11.6 Å². The summed E-state index contributed by atoms with van der Waals surface area (Å²) in [7, 11) is -10.1. The molecule has 0 aliphatic carbocycles. The summed E-state index contributed by atoms with van der Waals surface area (Å²) in [6.07, 6.45) is 1.19. The first-order valence-electron chi connectivity index (χ1n) is 6.80. The van der Waals surface area contributed by atoms with Gasteiger partial charge in [0.15, 0.2) is 4.24 Å². The molecule has 0 aliphatic heterocycles. The Hall–Kier alpha value is -2.02. The minimum Gasteiger partial charge on any atom is -0.378 e. The molecular formula is C14H13F6NO4S2. The van der Waals surface area contributed by atoms with Crippen LogP contribution in [0.4, 0.5) is 32.0 Å². The Morgan fingerprint density at radius 1 is 0.852 bits per heavy atom. The van der Waals surface area contributed by atoms with Crippen molar-refractivity contribution in [3.05, 3.63) is 46.2 Å². The molecule has 0 saturated heterocycles. The minimum atomic E-state index is -6.76. The third kappa shape index (κ3) is 5.03. The molecule has 5 nitrogen and oxygen atoms in total. The number of alkyl halides is 6. The van der Waals surface area contributed by atoms with Crippen molar-refractivity contribution in [2.75, 3.05) is 19.0 Å². The van der Waals surface area contributed by atoms with Gasteiger partial charge in [-0.3, -0.25) is 0 Å². The van der Waals surface area contributed by atoms with Gasteiger partial charge in [-0.2, -0.15) is 26.3 Å². The lowest BCUT2D eigenvalue weighted by Gasteiger charge is -2.13. The average molecular weight is 437 g/mol. The molecule has 0 unspecified atom stereocenters. The fourth-order valence-corrected chi connectivity index (χ4v) is 4.37. The topological polar surface area (TPSA) is 71.5 Å². The summed E-state index contributed by atoms with van der Waals surface area (Å²) in [5.41, 5.74) is -11.4. The van der Waals surface area contributed by atoms with Crippen LogP contribution in [-0.4, -0.2) is 41.9 Å². The van der Waals surface area contributed by atoms with E-state index in [1.807, 2.05) is 0 Å². The molecule has 0 heterocycles. The van der Waals surface area contributed by atoms with Gasteiger partial charge in [-0.05, 0) is 23.8 Å². The SMILES string of the molecule is CN(C)c1ccc(/C=C/C=C(S(=O)(=O)C(F)(F)F)S(=O)(=O)C(F)(F)F)cc1. The van der Waals surface area contributed by atoms with E-state index in [0.717, 1.165) is 11.8 Å². The zero-order chi connectivity index (χ0) is 21.3. The molecule has 0 aromatic heterocycles. The van der Waals surface area contributed by atoms with Gasteiger partial charge in [-0.1, -0.05) is 24.3 Å². The quantitative estimate of drug-likeness (QED) is 0.521. The van der Waals surface area contributed by atoms with Gasteiger partial charge in [0, 0.05) is 19.8 Å². The molecule has 13 heteroatoms. The highest BCUT2D eigenvalue weighted by molar-refractivity contribution is 8.15. The molecule has 0 atom stereocenters. The highest BCUT2D eigenvalue weighted by Gasteiger charge is 2.59. The van der Waals surface area contributed by atoms with E-state index in [9.17, 15) is 43.2 Å². The second-order valence-corrected chi connectivity index (χ2v) is 9.31. The predicted molar refractivity (Wildman–Crippen MR) is 87.8 cm³/mol. The van der Waals surface area contributed by atoms with Gasteiger partial charge < -0.3 is 4.90 Å². The number of anilines is 1. The van der Waals surface area contributed by atoms with Crippen molar-refractivity contribution in [1.82, 2.24) is 0 Å². The van der Waals surface area contributed by atoms with E-state index < -0.39 is 34.9 Å². The summed E-state index contributed by atoms with van der Waals surface area (Å²) >= 11 is 0. The maximum Gasteiger partial charge on any atom is 0.502 e. The maximum atomic E-state index is 12.6. The first-order valence-corrected chi connectivity index (χ1v) is 9.77. The van der Waals surface area contributed by atoms with Crippen molar-refractivity contribution in [3.8, 4) is 0 Å². The molecule has 0 amide bonds. The number of allylic oxidation sites excluding steroid dienone is 2. The third-order valence-electron chi connectivity index (χ3n) is 3.07. The van der Waals surface area contributed by atoms with Gasteiger partial charge in [-0.25, -0.2) is 16.8 Å². The second kappa shape index (κ2) is 7.54. The van der Waals surface area contributed by atoms with Crippen molar-refractivity contribution < 1.29 is 43.2 Å². The third-order valence-corrected chi connectivity index (χ3v) is 6.94. The number of rotatable bonds is 5. The van der Waals surface area contributed by atoms with Crippen LogP contribution in [0.1, 0.15) is 5.56 Å². The molecule has 0 bridgehead atoms. The molecule has 0 aliphatic rings. The van der Waals surface area contributed by atoms with E-state index in [1.165, 1.54) is 12.1 Å². The largest absolute Gasteiger partial charge is 0.502 e. The highest BCUT2D eigenvalue weighted by atomic mass is 32.3. The van der Waals surface area contributed by atoms with Crippen molar-refractivity contribution in [2.24, 2.45) is 0 Å². The molecule has 0 N–H and O–H groups in total. The lowest BCUT2D eigenvalue weighted by atomic mass is 10.2. The average Bonchev–Trinajstić information content (AvgIpc) is 2.49. The molecule has 1 aromatic carbocycles. The lowest BCUT2D eigenvalue weighted by molar-refractivity contribution is -0.0444. The number of halogens is 6. The van der Waals surface area contributed by atoms with Gasteiger partial charge in [0.05, 0.1) is 0 Å². The second-order valence-electron chi connectivity index (χ2n) is 5.23. The smallest absolute Gasteiger partial charge is 0.378 e. The van der Waals surface area contributed by atoms with Crippen LogP contribution in [0.15, 0.2) is 40.7 Å². The molecule has 27 heavy (non-hydrogen) atoms. The molecular weight excluding hydrogens is 424 g/mol. The van der Waals surface area contributed by atoms with Gasteiger partial charge in [-0.15, -0.1) is 0 Å². The Morgan fingerprint density at radius 2 is 1.26 bits per heavy atom. The molecule has 0 spiro atoms. The van der Waals surface area contributed by atoms with Gasteiger partial charge in [0.1, 0.15) is 0 Å². The molecule has 0 fully saturated rings. The Labute approximate surface area is 151 Å². The van der Waals surface area contributed by atoms with Crippen LogP contribution in [0.2, 0.25) is 0 Å². The van der Waals surface area contributed by atoms with Crippen molar-refractivity contribution in [3.63, 3.8) is 0 Å². The first-order chi connectivity index (χ1) is 12.0. The van der Waals surface area contributed by atoms with Crippen LogP contribution < -0.4 is 4.90 Å². The summed E-state index contributed by atoms with van der Waals surface area (Å²) in [6, 6.07) is 6.03. The molecule has 152 valence electrons. The van der Waals surface area contributed by atoms with Gasteiger partial charge in [0.2, 0.25) is 0 Å². The lowest BCUT2D eigenvalue weighted by Crippen LogP contribution is -2.34. The molecule has 1 aromatic rings. The van der Waals surface area contributed by atoms with Crippen LogP contribution in [0.5, 0.6) is 0 Å². The normalized spacial score (nSPS) is 13.6. The Kier molecular flexibility index (Phi) is 6.43. The fourth-order valence-electron chi connectivity index (χ4n) is 1.67. The van der Waals surface area contributed by atoms with E-state index in [1.54, 1.807) is 31.1 Å². The highest BCUT2D eigenvalue weighted by Crippen LogP contribution is 2.38. The summed E-state index contributed by atoms with van der Waals surface area (Å²) < 4.78 is 118. The van der Waals surface area contributed by atoms with E-state index in [4.69, 9.17) is 0 Å². The van der Waals surface area contributed by atoms with E-state index >= 15 is 0 Å². The predicted octanol–water partition coefficient (Wildman–Crippen LogP) is 3.48. The number of nitrogens with zero attached hydrogens (tertiary/aromatic N) is 1. The minimum absolute atomic E-state index is 0.245. The summed E-state index contributed by atoms with van der Waals surface area (Å²) in [4.78, 5) is 1.72. The Balaban J connectivity index is 3.45. The van der Waals surface area contributed by atoms with Crippen molar-refractivity contribution in [2.45, 2.75) is 11.0 Å². The zero-order valence-electron chi connectivity index (χ0n) is 13.7. The van der Waals surface area contributed by atoms with Crippen LogP contribution in [-0.2, 0) is 19.7 Å². The Bertz CT molecular complexity index is 895. The van der Waals surface area contributed by atoms with Crippen LogP contribution in [0.25, 0.3) is 6.08 Å². The van der Waals surface area contributed by atoms with E-state index in [0.29, 0.717) is 6.08 Å². The number of sulfone groups is 2. The van der Waals surface area contributed by atoms with Crippen LogP contribution in [0.3, 0.4) is 0 Å². The Morgan fingerprint density at radius 3 is 1.59 bits per heavy atom. The summed E-state index contributed by atoms with van der Waals surface area (Å²) in [5, 5.41) is 0. The van der Waals surface area contributed by atoms with Crippen molar-refractivity contribution in [1.29, 1.82) is 0 Å². The molecule has 0 radical (unpaired) electrons. The maximum absolute atomic E-state index is 12.6. The summed E-state index contributed by atoms with van der Waals surface area (Å²) in [5.74, 6) is 0. The number of hydrogen-bond donors (Lipinski definition) is 0. The van der Waals surface area contributed by atoms with E-state index in [2.05, 4.69) is 0 Å². The molecule has 1 rings (SSSR count). The number of benzene rings is 1. The van der Waals surface area contributed by atoms with Gasteiger partial charge in [0.25, 0.3) is 19.7 Å².